The molecule has 4 nitrogen and oxygen atoms in total. The molecule has 0 atom stereocenters. The van der Waals surface area contributed by atoms with E-state index in [4.69, 9.17) is 0 Å². The number of nitrogens with one attached hydrogen (secondary N) is 2. The van der Waals surface area contributed by atoms with E-state index in [2.05, 4.69) is 27.8 Å². The fourth-order valence-electron chi connectivity index (χ4n) is 2.04. The van der Waals surface area contributed by atoms with Crippen LogP contribution >= 0.6 is 0 Å². The number of rotatable bonds is 4. The van der Waals surface area contributed by atoms with Crippen molar-refractivity contribution in [3.05, 3.63) is 42.1 Å². The van der Waals surface area contributed by atoms with E-state index in [1.165, 1.54) is 0 Å². The monoisotopic (exact) mass is 255 g/mol. The molecule has 1 aromatic heterocycles. The van der Waals surface area contributed by atoms with Gasteiger partial charge in [0.2, 0.25) is 0 Å². The zero-order valence-electron chi connectivity index (χ0n) is 10.7. The highest BCUT2D eigenvalue weighted by molar-refractivity contribution is 5.78. The topological polar surface area (TPSA) is 54.0 Å². The van der Waals surface area contributed by atoms with E-state index >= 15 is 0 Å². The molecule has 4 heteroatoms. The van der Waals surface area contributed by atoms with E-state index in [1.807, 2.05) is 24.4 Å². The van der Waals surface area contributed by atoms with E-state index in [0.29, 0.717) is 12.6 Å². The summed E-state index contributed by atoms with van der Waals surface area (Å²) < 4.78 is 0. The molecule has 0 spiro atoms. The summed E-state index contributed by atoms with van der Waals surface area (Å²) >= 11 is 0. The molecule has 1 aromatic carbocycles. The second kappa shape index (κ2) is 5.26. The third-order valence-electron chi connectivity index (χ3n) is 3.26. The van der Waals surface area contributed by atoms with Gasteiger partial charge in [-0.25, -0.2) is 4.79 Å². The number of para-hydroxylation sites is 1. The van der Waals surface area contributed by atoms with Gasteiger partial charge in [-0.1, -0.05) is 18.2 Å². The van der Waals surface area contributed by atoms with Crippen molar-refractivity contribution in [2.24, 2.45) is 0 Å². The number of fused-ring (bicyclic) bond motifs is 1. The predicted molar refractivity (Wildman–Crippen MR) is 75.0 cm³/mol. The number of hydrogen-bond donors (Lipinski definition) is 2. The van der Waals surface area contributed by atoms with E-state index in [9.17, 15) is 4.79 Å². The number of hydrogen-bond acceptors (Lipinski definition) is 2. The number of carbonyl (C=O) groups excluding carboxylic acids is 1. The van der Waals surface area contributed by atoms with Crippen molar-refractivity contribution >= 4 is 16.9 Å². The van der Waals surface area contributed by atoms with Gasteiger partial charge < -0.3 is 10.6 Å². The number of aromatic nitrogens is 1. The Bertz CT molecular complexity index is 593. The van der Waals surface area contributed by atoms with E-state index in [0.717, 1.165) is 35.7 Å². The first kappa shape index (κ1) is 12.0. The molecule has 19 heavy (non-hydrogen) atoms. The summed E-state index contributed by atoms with van der Waals surface area (Å²) in [6.45, 7) is 0.637. The molecule has 1 saturated carbocycles. The van der Waals surface area contributed by atoms with E-state index < -0.39 is 0 Å². The number of carbonyl (C=O) groups is 1. The molecule has 2 aromatic rings. The maximum atomic E-state index is 11.5. The quantitative estimate of drug-likeness (QED) is 0.880. The van der Waals surface area contributed by atoms with Crippen molar-refractivity contribution < 1.29 is 4.79 Å². The maximum absolute atomic E-state index is 11.5. The van der Waals surface area contributed by atoms with Gasteiger partial charge in [-0.3, -0.25) is 4.98 Å². The summed E-state index contributed by atoms with van der Waals surface area (Å²) in [6, 6.07) is 10.5. The van der Waals surface area contributed by atoms with Crippen molar-refractivity contribution in [1.82, 2.24) is 15.6 Å². The van der Waals surface area contributed by atoms with Crippen LogP contribution in [0.25, 0.3) is 10.9 Å². The molecule has 0 radical (unpaired) electrons. The molecule has 1 aliphatic carbocycles. The zero-order valence-corrected chi connectivity index (χ0v) is 10.7. The number of pyridine rings is 1. The molecule has 2 N–H and O–H groups in total. The van der Waals surface area contributed by atoms with Crippen LogP contribution < -0.4 is 10.6 Å². The van der Waals surface area contributed by atoms with Gasteiger partial charge in [0.15, 0.2) is 0 Å². The molecule has 1 fully saturated rings. The lowest BCUT2D eigenvalue weighted by atomic mass is 10.1. The Morgan fingerprint density at radius 3 is 3.00 bits per heavy atom. The van der Waals surface area contributed by atoms with Crippen molar-refractivity contribution in [1.29, 1.82) is 0 Å². The van der Waals surface area contributed by atoms with Crippen LogP contribution in [0, 0.1) is 0 Å². The van der Waals surface area contributed by atoms with Crippen molar-refractivity contribution in [3.8, 4) is 0 Å². The Kier molecular flexibility index (Phi) is 3.31. The summed E-state index contributed by atoms with van der Waals surface area (Å²) in [5, 5.41) is 6.92. The van der Waals surface area contributed by atoms with Gasteiger partial charge in [0.1, 0.15) is 0 Å². The third kappa shape index (κ3) is 3.22. The van der Waals surface area contributed by atoms with Gasteiger partial charge in [0, 0.05) is 24.2 Å². The second-order valence-corrected chi connectivity index (χ2v) is 4.96. The summed E-state index contributed by atoms with van der Waals surface area (Å²) in [7, 11) is 0. The molecular weight excluding hydrogens is 238 g/mol. The van der Waals surface area contributed by atoms with E-state index in [1.54, 1.807) is 0 Å². The molecule has 0 aliphatic heterocycles. The zero-order chi connectivity index (χ0) is 13.1. The van der Waals surface area contributed by atoms with Gasteiger partial charge >= 0.3 is 6.03 Å². The molecule has 2 amide bonds. The summed E-state index contributed by atoms with van der Waals surface area (Å²) in [5.74, 6) is 0. The van der Waals surface area contributed by atoms with Gasteiger partial charge in [0.05, 0.1) is 5.52 Å². The van der Waals surface area contributed by atoms with Crippen molar-refractivity contribution in [3.63, 3.8) is 0 Å². The largest absolute Gasteiger partial charge is 0.338 e. The fourth-order valence-corrected chi connectivity index (χ4v) is 2.04. The average molecular weight is 255 g/mol. The Labute approximate surface area is 112 Å². The van der Waals surface area contributed by atoms with Crippen LogP contribution in [-0.4, -0.2) is 23.6 Å². The third-order valence-corrected chi connectivity index (χ3v) is 3.26. The smallest absolute Gasteiger partial charge is 0.315 e. The minimum atomic E-state index is -0.0590. The first-order valence-electron chi connectivity index (χ1n) is 6.69. The van der Waals surface area contributed by atoms with E-state index in [-0.39, 0.29) is 6.03 Å². The van der Waals surface area contributed by atoms with Crippen molar-refractivity contribution in [2.45, 2.75) is 25.3 Å². The van der Waals surface area contributed by atoms with Gasteiger partial charge in [-0.05, 0) is 37.0 Å². The van der Waals surface area contributed by atoms with Crippen LogP contribution in [0.5, 0.6) is 0 Å². The fraction of sp³-hybridized carbons (Fsp3) is 0.333. The standard InChI is InChI=1S/C15H17N3O/c19-15(18-13-5-6-13)16-8-7-11-9-12-3-1-2-4-14(12)17-10-11/h1-4,9-10,13H,5-8H2,(H2,16,18,19). The lowest BCUT2D eigenvalue weighted by Gasteiger charge is -2.07. The van der Waals surface area contributed by atoms with Crippen LogP contribution in [0.15, 0.2) is 36.5 Å². The number of amides is 2. The highest BCUT2D eigenvalue weighted by Gasteiger charge is 2.22. The highest BCUT2D eigenvalue weighted by Crippen LogP contribution is 2.18. The molecule has 0 saturated heterocycles. The normalized spacial score (nSPS) is 14.3. The molecule has 1 aliphatic rings. The first-order chi connectivity index (χ1) is 9.31. The minimum Gasteiger partial charge on any atom is -0.338 e. The molecule has 0 unspecified atom stereocenters. The predicted octanol–water partition coefficient (Wildman–Crippen LogP) is 2.24. The number of benzene rings is 1. The van der Waals surface area contributed by atoms with Gasteiger partial charge in [-0.15, -0.1) is 0 Å². The molecule has 3 rings (SSSR count). The molecule has 1 heterocycles. The number of nitrogens with zero attached hydrogens (tertiary/aromatic N) is 1. The van der Waals surface area contributed by atoms with Crippen molar-refractivity contribution in [2.75, 3.05) is 6.54 Å². The maximum Gasteiger partial charge on any atom is 0.315 e. The Morgan fingerprint density at radius 2 is 2.16 bits per heavy atom. The highest BCUT2D eigenvalue weighted by atomic mass is 16.2. The Morgan fingerprint density at radius 1 is 1.32 bits per heavy atom. The SMILES string of the molecule is O=C(NCCc1cnc2ccccc2c1)NC1CC1. The summed E-state index contributed by atoms with van der Waals surface area (Å²) in [4.78, 5) is 15.9. The van der Waals surface area contributed by atoms with Gasteiger partial charge in [-0.2, -0.15) is 0 Å². The van der Waals surface area contributed by atoms with Crippen LogP contribution in [0.3, 0.4) is 0 Å². The second-order valence-electron chi connectivity index (χ2n) is 4.96. The molecule has 98 valence electrons. The number of urea groups is 1. The Hall–Kier alpha value is -2.10. The van der Waals surface area contributed by atoms with Crippen LogP contribution in [0.1, 0.15) is 18.4 Å². The lowest BCUT2D eigenvalue weighted by molar-refractivity contribution is 0.240. The van der Waals surface area contributed by atoms with Gasteiger partial charge in [0.25, 0.3) is 0 Å². The van der Waals surface area contributed by atoms with Crippen LogP contribution in [-0.2, 0) is 6.42 Å². The average Bonchev–Trinajstić information content (AvgIpc) is 3.22. The molecule has 0 bridgehead atoms. The summed E-state index contributed by atoms with van der Waals surface area (Å²) in [6.07, 6.45) is 4.91. The minimum absolute atomic E-state index is 0.0590. The Balaban J connectivity index is 1.54. The molecular formula is C15H17N3O. The van der Waals surface area contributed by atoms with Crippen LogP contribution in [0.2, 0.25) is 0 Å². The summed E-state index contributed by atoms with van der Waals surface area (Å²) in [5.41, 5.74) is 2.15. The van der Waals surface area contributed by atoms with Crippen LogP contribution in [0.4, 0.5) is 4.79 Å². The lowest BCUT2D eigenvalue weighted by Crippen LogP contribution is -2.37. The first-order valence-corrected chi connectivity index (χ1v) is 6.69.